The Kier molecular flexibility index (Phi) is 6.08. The molecule has 0 fully saturated rings. The topological polar surface area (TPSA) is 75.3 Å². The number of amides is 1. The number of carbonyl (C=O) groups excluding carboxylic acids is 1. The van der Waals surface area contributed by atoms with Crippen LogP contribution in [0.1, 0.15) is 27.0 Å². The molecule has 0 radical (unpaired) electrons. The lowest BCUT2D eigenvalue weighted by atomic mass is 10.1. The molecule has 2 N–H and O–H groups in total. The molecule has 0 aromatic heterocycles. The summed E-state index contributed by atoms with van der Waals surface area (Å²) in [6.07, 6.45) is -4.65. The first-order valence-corrected chi connectivity index (χ1v) is 10.6. The van der Waals surface area contributed by atoms with Gasteiger partial charge >= 0.3 is 6.18 Å². The number of nitrogens with one attached hydrogen (secondary N) is 2. The van der Waals surface area contributed by atoms with E-state index in [1.165, 1.54) is 24.3 Å². The van der Waals surface area contributed by atoms with Gasteiger partial charge in [0.2, 0.25) is 0 Å². The standard InChI is InChI=1S/C22H19F3N2O3S/c1-14-7-11-17(12-8-14)27-31(29,30)20-13-16(10-9-15(20)2)21(28)26-19-6-4-3-5-18(19)22(23,24)25/h3-13,27H,1-2H3,(H,26,28). The maximum Gasteiger partial charge on any atom is 0.418 e. The minimum Gasteiger partial charge on any atom is -0.321 e. The van der Waals surface area contributed by atoms with Crippen molar-refractivity contribution in [3.05, 3.63) is 89.0 Å². The van der Waals surface area contributed by atoms with Gasteiger partial charge in [-0.15, -0.1) is 0 Å². The maximum atomic E-state index is 13.2. The minimum atomic E-state index is -4.65. The van der Waals surface area contributed by atoms with Crippen LogP contribution in [-0.2, 0) is 16.2 Å². The molecule has 3 rings (SSSR count). The van der Waals surface area contributed by atoms with Crippen LogP contribution >= 0.6 is 0 Å². The zero-order valence-electron chi connectivity index (χ0n) is 16.6. The molecule has 3 aromatic carbocycles. The molecule has 0 aliphatic carbocycles. The SMILES string of the molecule is Cc1ccc(NS(=O)(=O)c2cc(C(=O)Nc3ccccc3C(F)(F)F)ccc2C)cc1. The number of carbonyl (C=O) groups is 1. The third-order valence-electron chi connectivity index (χ3n) is 4.52. The summed E-state index contributed by atoms with van der Waals surface area (Å²) in [5.41, 5.74) is 0.182. The van der Waals surface area contributed by atoms with Crippen molar-refractivity contribution < 1.29 is 26.4 Å². The molecule has 0 aliphatic heterocycles. The van der Waals surface area contributed by atoms with E-state index in [1.54, 1.807) is 31.2 Å². The van der Waals surface area contributed by atoms with Crippen LogP contribution in [0.15, 0.2) is 71.6 Å². The molecule has 1 amide bonds. The lowest BCUT2D eigenvalue weighted by molar-refractivity contribution is -0.136. The van der Waals surface area contributed by atoms with Crippen LogP contribution in [0.4, 0.5) is 24.5 Å². The molecular weight excluding hydrogens is 429 g/mol. The number of aryl methyl sites for hydroxylation is 2. The van der Waals surface area contributed by atoms with Gasteiger partial charge in [0.05, 0.1) is 16.1 Å². The summed E-state index contributed by atoms with van der Waals surface area (Å²) in [6, 6.07) is 15.2. The van der Waals surface area contributed by atoms with Gasteiger partial charge in [0, 0.05) is 11.3 Å². The van der Waals surface area contributed by atoms with Crippen LogP contribution in [0.2, 0.25) is 0 Å². The van der Waals surface area contributed by atoms with E-state index >= 15 is 0 Å². The van der Waals surface area contributed by atoms with Gasteiger partial charge in [-0.25, -0.2) is 8.42 Å². The Bertz CT molecular complexity index is 1220. The number of para-hydroxylation sites is 1. The number of hydrogen-bond donors (Lipinski definition) is 2. The summed E-state index contributed by atoms with van der Waals surface area (Å²) in [7, 11) is -4.03. The Balaban J connectivity index is 1.90. The van der Waals surface area contributed by atoms with Crippen molar-refractivity contribution in [2.45, 2.75) is 24.9 Å². The van der Waals surface area contributed by atoms with Crippen LogP contribution in [0.25, 0.3) is 0 Å². The molecule has 0 saturated carbocycles. The number of alkyl halides is 3. The molecule has 0 bridgehead atoms. The Morgan fingerprint density at radius 3 is 2.19 bits per heavy atom. The van der Waals surface area contributed by atoms with Gasteiger partial charge in [-0.1, -0.05) is 35.9 Å². The fraction of sp³-hybridized carbons (Fsp3) is 0.136. The normalized spacial score (nSPS) is 11.8. The monoisotopic (exact) mass is 448 g/mol. The second kappa shape index (κ2) is 8.43. The Hall–Kier alpha value is -3.33. The molecule has 0 atom stereocenters. The Morgan fingerprint density at radius 1 is 0.903 bits per heavy atom. The summed E-state index contributed by atoms with van der Waals surface area (Å²) in [6.45, 7) is 3.42. The Labute approximate surface area is 178 Å². The van der Waals surface area contributed by atoms with Crippen LogP contribution in [0.3, 0.4) is 0 Å². The average molecular weight is 448 g/mol. The second-order valence-electron chi connectivity index (χ2n) is 6.95. The van der Waals surface area contributed by atoms with Gasteiger partial charge in [0.1, 0.15) is 0 Å². The summed E-state index contributed by atoms with van der Waals surface area (Å²) in [4.78, 5) is 12.4. The first kappa shape index (κ1) is 22.4. The number of rotatable bonds is 5. The zero-order valence-corrected chi connectivity index (χ0v) is 17.4. The molecule has 0 spiro atoms. The first-order chi connectivity index (χ1) is 14.5. The van der Waals surface area contributed by atoms with E-state index in [2.05, 4.69) is 10.0 Å². The second-order valence-corrected chi connectivity index (χ2v) is 8.60. The van der Waals surface area contributed by atoms with Gasteiger partial charge in [0.15, 0.2) is 0 Å². The smallest absolute Gasteiger partial charge is 0.321 e. The predicted octanol–water partition coefficient (Wildman–Crippen LogP) is 5.38. The molecule has 0 aliphatic rings. The van der Waals surface area contributed by atoms with E-state index in [-0.39, 0.29) is 10.5 Å². The predicted molar refractivity (Wildman–Crippen MR) is 113 cm³/mol. The maximum absolute atomic E-state index is 13.2. The van der Waals surface area contributed by atoms with Crippen molar-refractivity contribution in [2.75, 3.05) is 10.0 Å². The van der Waals surface area contributed by atoms with Gasteiger partial charge < -0.3 is 5.32 Å². The summed E-state index contributed by atoms with van der Waals surface area (Å²) < 4.78 is 67.6. The highest BCUT2D eigenvalue weighted by Gasteiger charge is 2.33. The number of anilines is 2. The summed E-state index contributed by atoms with van der Waals surface area (Å²) >= 11 is 0. The van der Waals surface area contributed by atoms with Crippen molar-refractivity contribution in [1.82, 2.24) is 0 Å². The molecule has 0 heterocycles. The lowest BCUT2D eigenvalue weighted by Crippen LogP contribution is -2.18. The summed E-state index contributed by atoms with van der Waals surface area (Å²) in [5.74, 6) is -0.858. The van der Waals surface area contributed by atoms with Crippen LogP contribution in [-0.4, -0.2) is 14.3 Å². The summed E-state index contributed by atoms with van der Waals surface area (Å²) in [5, 5.41) is 2.21. The molecule has 9 heteroatoms. The van der Waals surface area contributed by atoms with Crippen molar-refractivity contribution >= 4 is 27.3 Å². The van der Waals surface area contributed by atoms with Crippen molar-refractivity contribution in [2.24, 2.45) is 0 Å². The van der Waals surface area contributed by atoms with Gasteiger partial charge in [0.25, 0.3) is 15.9 Å². The number of hydrogen-bond acceptors (Lipinski definition) is 3. The van der Waals surface area contributed by atoms with Gasteiger partial charge in [-0.2, -0.15) is 13.2 Å². The molecule has 5 nitrogen and oxygen atoms in total. The fourth-order valence-electron chi connectivity index (χ4n) is 2.90. The molecular formula is C22H19F3N2O3S. The van der Waals surface area contributed by atoms with Crippen LogP contribution < -0.4 is 10.0 Å². The van der Waals surface area contributed by atoms with Gasteiger partial charge in [-0.05, 0) is 55.8 Å². The highest BCUT2D eigenvalue weighted by Crippen LogP contribution is 2.34. The molecule has 3 aromatic rings. The van der Waals surface area contributed by atoms with Crippen LogP contribution in [0.5, 0.6) is 0 Å². The highest BCUT2D eigenvalue weighted by molar-refractivity contribution is 7.92. The van der Waals surface area contributed by atoms with Crippen molar-refractivity contribution in [3.8, 4) is 0 Å². The number of halogens is 3. The van der Waals surface area contributed by atoms with E-state index in [0.29, 0.717) is 11.3 Å². The van der Waals surface area contributed by atoms with Crippen molar-refractivity contribution in [3.63, 3.8) is 0 Å². The molecule has 162 valence electrons. The van der Waals surface area contributed by atoms with E-state index in [9.17, 15) is 26.4 Å². The first-order valence-electron chi connectivity index (χ1n) is 9.15. The number of benzene rings is 3. The quantitative estimate of drug-likeness (QED) is 0.551. The molecule has 0 saturated heterocycles. The zero-order chi connectivity index (χ0) is 22.8. The highest BCUT2D eigenvalue weighted by atomic mass is 32.2. The average Bonchev–Trinajstić information content (AvgIpc) is 2.69. The van der Waals surface area contributed by atoms with Crippen LogP contribution in [0, 0.1) is 13.8 Å². The molecule has 31 heavy (non-hydrogen) atoms. The minimum absolute atomic E-state index is 0.0909. The lowest BCUT2D eigenvalue weighted by Gasteiger charge is -2.15. The fourth-order valence-corrected chi connectivity index (χ4v) is 4.23. The van der Waals surface area contributed by atoms with E-state index in [0.717, 1.165) is 23.8 Å². The van der Waals surface area contributed by atoms with E-state index in [1.807, 2.05) is 6.92 Å². The van der Waals surface area contributed by atoms with E-state index in [4.69, 9.17) is 0 Å². The third kappa shape index (κ3) is 5.24. The van der Waals surface area contributed by atoms with Crippen molar-refractivity contribution in [1.29, 1.82) is 0 Å². The third-order valence-corrected chi connectivity index (χ3v) is 6.05. The van der Waals surface area contributed by atoms with Gasteiger partial charge in [-0.3, -0.25) is 9.52 Å². The Morgan fingerprint density at radius 2 is 1.55 bits per heavy atom. The molecule has 0 unspecified atom stereocenters. The number of sulfonamides is 1. The largest absolute Gasteiger partial charge is 0.418 e. The van der Waals surface area contributed by atoms with E-state index < -0.39 is 33.4 Å².